The Morgan fingerprint density at radius 3 is 2.50 bits per heavy atom. The van der Waals surface area contributed by atoms with Gasteiger partial charge >= 0.3 is 0 Å². The van der Waals surface area contributed by atoms with Gasteiger partial charge in [0.2, 0.25) is 0 Å². The van der Waals surface area contributed by atoms with Crippen LogP contribution < -0.4 is 14.8 Å². The number of nitrogens with zero attached hydrogens (tertiary/aromatic N) is 1. The molecule has 1 aromatic rings. The summed E-state index contributed by atoms with van der Waals surface area (Å²) in [6.45, 7) is 9.85. The van der Waals surface area contributed by atoms with Gasteiger partial charge in [0.25, 0.3) is 0 Å². The molecule has 0 radical (unpaired) electrons. The van der Waals surface area contributed by atoms with Gasteiger partial charge in [-0.3, -0.25) is 4.79 Å². The molecule has 0 bridgehead atoms. The van der Waals surface area contributed by atoms with E-state index in [-0.39, 0.29) is 5.78 Å². The predicted octanol–water partition coefficient (Wildman–Crippen LogP) is 1.96. The lowest BCUT2D eigenvalue weighted by atomic mass is 10.1. The maximum atomic E-state index is 12.4. The minimum atomic E-state index is 0.155. The van der Waals surface area contributed by atoms with Crippen molar-refractivity contribution in [2.75, 3.05) is 45.9 Å². The van der Waals surface area contributed by atoms with Crippen molar-refractivity contribution in [3.8, 4) is 11.5 Å². The summed E-state index contributed by atoms with van der Waals surface area (Å²) >= 11 is 0. The van der Waals surface area contributed by atoms with Gasteiger partial charge in [-0.15, -0.1) is 0 Å². The Bertz CT molecular complexity index is 485. The minimum absolute atomic E-state index is 0.155. The van der Waals surface area contributed by atoms with Gasteiger partial charge in [-0.05, 0) is 32.0 Å². The van der Waals surface area contributed by atoms with Crippen molar-refractivity contribution in [3.05, 3.63) is 23.8 Å². The van der Waals surface area contributed by atoms with Crippen LogP contribution in [0.2, 0.25) is 0 Å². The van der Waals surface area contributed by atoms with E-state index in [0.717, 1.165) is 32.7 Å². The molecular formula is C17H26N2O3. The quantitative estimate of drug-likeness (QED) is 0.744. The standard InChI is InChI=1S/C17H26N2O3/c1-3-21-16-6-5-14(13-17(16)22-4-2)15(20)7-10-19-11-8-18-9-12-19/h5-6,13,18H,3-4,7-12H2,1-2H3. The number of ketones is 1. The molecule has 0 unspecified atom stereocenters. The largest absolute Gasteiger partial charge is 0.490 e. The predicted molar refractivity (Wildman–Crippen MR) is 87.0 cm³/mol. The monoisotopic (exact) mass is 306 g/mol. The molecular weight excluding hydrogens is 280 g/mol. The fourth-order valence-electron chi connectivity index (χ4n) is 2.56. The van der Waals surface area contributed by atoms with Crippen LogP contribution in [0.3, 0.4) is 0 Å². The van der Waals surface area contributed by atoms with Crippen LogP contribution in [0, 0.1) is 0 Å². The van der Waals surface area contributed by atoms with Gasteiger partial charge in [-0.2, -0.15) is 0 Å². The van der Waals surface area contributed by atoms with Gasteiger partial charge in [0, 0.05) is 44.7 Å². The Balaban J connectivity index is 1.97. The first kappa shape index (κ1) is 16.8. The summed E-state index contributed by atoms with van der Waals surface area (Å²) in [4.78, 5) is 14.7. The van der Waals surface area contributed by atoms with E-state index in [9.17, 15) is 4.79 Å². The second-order valence-electron chi connectivity index (χ2n) is 5.29. The van der Waals surface area contributed by atoms with Crippen LogP contribution in [0.5, 0.6) is 11.5 Å². The van der Waals surface area contributed by atoms with Gasteiger partial charge in [0.1, 0.15) is 0 Å². The van der Waals surface area contributed by atoms with E-state index in [1.807, 2.05) is 26.0 Å². The molecule has 1 N–H and O–H groups in total. The Morgan fingerprint density at radius 1 is 1.14 bits per heavy atom. The number of carbonyl (C=O) groups excluding carboxylic acids is 1. The highest BCUT2D eigenvalue weighted by Gasteiger charge is 2.14. The van der Waals surface area contributed by atoms with Crippen molar-refractivity contribution in [1.29, 1.82) is 0 Å². The summed E-state index contributed by atoms with van der Waals surface area (Å²) in [6.07, 6.45) is 0.541. The average molecular weight is 306 g/mol. The molecule has 0 saturated carbocycles. The van der Waals surface area contributed by atoms with Crippen LogP contribution in [0.1, 0.15) is 30.6 Å². The molecule has 0 amide bonds. The number of piperazine rings is 1. The summed E-state index contributed by atoms with van der Waals surface area (Å²) in [5, 5.41) is 3.32. The van der Waals surface area contributed by atoms with Crippen LogP contribution in [-0.2, 0) is 0 Å². The zero-order valence-electron chi connectivity index (χ0n) is 13.6. The third kappa shape index (κ3) is 4.71. The third-order valence-corrected chi connectivity index (χ3v) is 3.73. The molecule has 2 rings (SSSR count). The smallest absolute Gasteiger partial charge is 0.164 e. The van der Waals surface area contributed by atoms with Gasteiger partial charge in [-0.1, -0.05) is 0 Å². The molecule has 1 aromatic carbocycles. The third-order valence-electron chi connectivity index (χ3n) is 3.73. The number of benzene rings is 1. The molecule has 1 fully saturated rings. The molecule has 5 heteroatoms. The van der Waals surface area contributed by atoms with Crippen LogP contribution in [0.25, 0.3) is 0 Å². The van der Waals surface area contributed by atoms with Crippen molar-refractivity contribution in [2.24, 2.45) is 0 Å². The SMILES string of the molecule is CCOc1ccc(C(=O)CCN2CCNCC2)cc1OCC. The molecule has 22 heavy (non-hydrogen) atoms. The molecule has 0 atom stereocenters. The lowest BCUT2D eigenvalue weighted by Gasteiger charge is -2.26. The van der Waals surface area contributed by atoms with Gasteiger partial charge in [-0.25, -0.2) is 0 Å². The van der Waals surface area contributed by atoms with E-state index in [4.69, 9.17) is 9.47 Å². The first-order chi connectivity index (χ1) is 10.7. The normalized spacial score (nSPS) is 15.5. The summed E-state index contributed by atoms with van der Waals surface area (Å²) in [6, 6.07) is 5.45. The Hall–Kier alpha value is -1.59. The summed E-state index contributed by atoms with van der Waals surface area (Å²) in [5.41, 5.74) is 0.696. The minimum Gasteiger partial charge on any atom is -0.490 e. The molecule has 1 heterocycles. The maximum Gasteiger partial charge on any atom is 0.164 e. The zero-order chi connectivity index (χ0) is 15.8. The van der Waals surface area contributed by atoms with Crippen LogP contribution in [0.4, 0.5) is 0 Å². The highest BCUT2D eigenvalue weighted by Crippen LogP contribution is 2.29. The van der Waals surface area contributed by atoms with Gasteiger partial charge in [0.15, 0.2) is 17.3 Å². The Kier molecular flexibility index (Phi) is 6.68. The molecule has 0 spiro atoms. The van der Waals surface area contributed by atoms with Crippen molar-refractivity contribution < 1.29 is 14.3 Å². The van der Waals surface area contributed by atoms with Crippen LogP contribution in [-0.4, -0.2) is 56.6 Å². The van der Waals surface area contributed by atoms with E-state index in [2.05, 4.69) is 10.2 Å². The van der Waals surface area contributed by atoms with E-state index in [0.29, 0.717) is 36.7 Å². The first-order valence-electron chi connectivity index (χ1n) is 8.10. The Labute approximate surface area is 132 Å². The fraction of sp³-hybridized carbons (Fsp3) is 0.588. The number of hydrogen-bond donors (Lipinski definition) is 1. The summed E-state index contributed by atoms with van der Waals surface area (Å²) in [5.74, 6) is 1.50. The molecule has 1 saturated heterocycles. The summed E-state index contributed by atoms with van der Waals surface area (Å²) < 4.78 is 11.1. The lowest BCUT2D eigenvalue weighted by Crippen LogP contribution is -2.44. The zero-order valence-corrected chi connectivity index (χ0v) is 13.6. The number of rotatable bonds is 8. The maximum absolute atomic E-state index is 12.4. The van der Waals surface area contributed by atoms with E-state index in [1.165, 1.54) is 0 Å². The van der Waals surface area contributed by atoms with Crippen LogP contribution >= 0.6 is 0 Å². The molecule has 1 aliphatic rings. The average Bonchev–Trinajstić information content (AvgIpc) is 2.55. The van der Waals surface area contributed by atoms with Crippen LogP contribution in [0.15, 0.2) is 18.2 Å². The van der Waals surface area contributed by atoms with E-state index in [1.54, 1.807) is 6.07 Å². The second kappa shape index (κ2) is 8.76. The van der Waals surface area contributed by atoms with Crippen molar-refractivity contribution >= 4 is 5.78 Å². The van der Waals surface area contributed by atoms with E-state index < -0.39 is 0 Å². The lowest BCUT2D eigenvalue weighted by molar-refractivity contribution is 0.0960. The molecule has 1 aliphatic heterocycles. The van der Waals surface area contributed by atoms with Gasteiger partial charge in [0.05, 0.1) is 13.2 Å². The first-order valence-corrected chi connectivity index (χ1v) is 8.10. The summed E-state index contributed by atoms with van der Waals surface area (Å²) in [7, 11) is 0. The topological polar surface area (TPSA) is 50.8 Å². The highest BCUT2D eigenvalue weighted by molar-refractivity contribution is 5.96. The number of ether oxygens (including phenoxy) is 2. The van der Waals surface area contributed by atoms with Crippen molar-refractivity contribution in [1.82, 2.24) is 10.2 Å². The number of hydrogen-bond acceptors (Lipinski definition) is 5. The second-order valence-corrected chi connectivity index (χ2v) is 5.29. The molecule has 0 aromatic heterocycles. The number of carbonyl (C=O) groups is 1. The Morgan fingerprint density at radius 2 is 1.82 bits per heavy atom. The molecule has 122 valence electrons. The fourth-order valence-corrected chi connectivity index (χ4v) is 2.56. The highest BCUT2D eigenvalue weighted by atomic mass is 16.5. The number of Topliss-reactive ketones (excluding diaryl/α,β-unsaturated/α-hetero) is 1. The molecule has 0 aliphatic carbocycles. The number of nitrogens with one attached hydrogen (secondary N) is 1. The van der Waals surface area contributed by atoms with E-state index >= 15 is 0 Å². The van der Waals surface area contributed by atoms with Crippen molar-refractivity contribution in [3.63, 3.8) is 0 Å². The van der Waals surface area contributed by atoms with Gasteiger partial charge < -0.3 is 19.7 Å². The molecule has 5 nitrogen and oxygen atoms in total. The van der Waals surface area contributed by atoms with Crippen molar-refractivity contribution in [2.45, 2.75) is 20.3 Å².